The van der Waals surface area contributed by atoms with E-state index in [0.717, 1.165) is 23.9 Å². The molecule has 0 unspecified atom stereocenters. The monoisotopic (exact) mass is 305 g/mol. The van der Waals surface area contributed by atoms with E-state index in [-0.39, 0.29) is 0 Å². The summed E-state index contributed by atoms with van der Waals surface area (Å²) in [5.41, 5.74) is 3.97. The van der Waals surface area contributed by atoms with Gasteiger partial charge in [0.15, 0.2) is 0 Å². The van der Waals surface area contributed by atoms with Gasteiger partial charge in [-0.3, -0.25) is 0 Å². The molecule has 3 heteroatoms. The Morgan fingerprint density at radius 2 is 2.00 bits per heavy atom. The van der Waals surface area contributed by atoms with Crippen molar-refractivity contribution in [1.29, 1.82) is 0 Å². The zero-order valence-electron chi connectivity index (χ0n) is 11.9. The second kappa shape index (κ2) is 7.72. The number of aryl methyl sites for hydroxylation is 1. The minimum atomic E-state index is 0.803. The maximum atomic E-state index is 6.12. The zero-order chi connectivity index (χ0) is 14.4. The molecular formula is C17H20ClNS. The standard InChI is InChI=1S/C17H20ClNS/c1-3-19-11-15-7-8-16(18)10-17(15)20-12-14-6-4-5-13(2)9-14/h4-10,19H,3,11-12H2,1-2H3. The van der Waals surface area contributed by atoms with Gasteiger partial charge in [-0.15, -0.1) is 11.8 Å². The summed E-state index contributed by atoms with van der Waals surface area (Å²) in [5.74, 6) is 0.973. The second-order valence-electron chi connectivity index (χ2n) is 4.81. The topological polar surface area (TPSA) is 12.0 Å². The van der Waals surface area contributed by atoms with E-state index < -0.39 is 0 Å². The lowest BCUT2D eigenvalue weighted by Gasteiger charge is -2.10. The van der Waals surface area contributed by atoms with Gasteiger partial charge in [0.05, 0.1) is 0 Å². The Kier molecular flexibility index (Phi) is 5.96. The van der Waals surface area contributed by atoms with Gasteiger partial charge in [0.1, 0.15) is 0 Å². The summed E-state index contributed by atoms with van der Waals surface area (Å²) in [7, 11) is 0. The third-order valence-corrected chi connectivity index (χ3v) is 4.48. The lowest BCUT2D eigenvalue weighted by Crippen LogP contribution is -2.12. The molecule has 0 fully saturated rings. The molecule has 0 amide bonds. The van der Waals surface area contributed by atoms with Gasteiger partial charge in [0.25, 0.3) is 0 Å². The van der Waals surface area contributed by atoms with Crippen LogP contribution >= 0.6 is 23.4 Å². The van der Waals surface area contributed by atoms with Crippen molar-refractivity contribution >= 4 is 23.4 Å². The Morgan fingerprint density at radius 3 is 2.75 bits per heavy atom. The molecule has 0 spiro atoms. The fraction of sp³-hybridized carbons (Fsp3) is 0.294. The average molecular weight is 306 g/mol. The molecule has 0 saturated heterocycles. The van der Waals surface area contributed by atoms with Crippen molar-refractivity contribution in [3.8, 4) is 0 Å². The van der Waals surface area contributed by atoms with E-state index in [1.807, 2.05) is 17.8 Å². The summed E-state index contributed by atoms with van der Waals surface area (Å²) in [6, 6.07) is 14.8. The normalized spacial score (nSPS) is 10.8. The smallest absolute Gasteiger partial charge is 0.0417 e. The number of rotatable bonds is 6. The number of benzene rings is 2. The van der Waals surface area contributed by atoms with E-state index in [4.69, 9.17) is 11.6 Å². The molecule has 0 aliphatic heterocycles. The quantitative estimate of drug-likeness (QED) is 0.749. The average Bonchev–Trinajstić information content (AvgIpc) is 2.44. The lowest BCUT2D eigenvalue weighted by molar-refractivity contribution is 0.718. The van der Waals surface area contributed by atoms with Crippen LogP contribution in [0.5, 0.6) is 0 Å². The Morgan fingerprint density at radius 1 is 1.15 bits per heavy atom. The molecule has 0 heterocycles. The molecule has 0 bridgehead atoms. The van der Waals surface area contributed by atoms with Crippen molar-refractivity contribution in [3.05, 3.63) is 64.2 Å². The van der Waals surface area contributed by atoms with E-state index in [1.165, 1.54) is 21.6 Å². The molecule has 20 heavy (non-hydrogen) atoms. The fourth-order valence-corrected chi connectivity index (χ4v) is 3.31. The van der Waals surface area contributed by atoms with Crippen molar-refractivity contribution in [2.24, 2.45) is 0 Å². The Hall–Kier alpha value is -0.960. The van der Waals surface area contributed by atoms with Gasteiger partial charge < -0.3 is 5.32 Å². The van der Waals surface area contributed by atoms with Gasteiger partial charge in [-0.25, -0.2) is 0 Å². The highest BCUT2D eigenvalue weighted by atomic mass is 35.5. The van der Waals surface area contributed by atoms with Crippen LogP contribution in [-0.4, -0.2) is 6.54 Å². The number of hydrogen-bond acceptors (Lipinski definition) is 2. The Labute approximate surface area is 130 Å². The summed E-state index contributed by atoms with van der Waals surface area (Å²) < 4.78 is 0. The highest BCUT2D eigenvalue weighted by molar-refractivity contribution is 7.98. The molecule has 1 N–H and O–H groups in total. The molecule has 0 aliphatic rings. The Bertz CT molecular complexity index is 569. The molecule has 2 aromatic carbocycles. The van der Waals surface area contributed by atoms with Crippen LogP contribution in [0.4, 0.5) is 0 Å². The minimum absolute atomic E-state index is 0.803. The maximum absolute atomic E-state index is 6.12. The van der Waals surface area contributed by atoms with Crippen LogP contribution in [0, 0.1) is 6.92 Å². The SMILES string of the molecule is CCNCc1ccc(Cl)cc1SCc1cccc(C)c1. The molecular weight excluding hydrogens is 286 g/mol. The van der Waals surface area contributed by atoms with Crippen molar-refractivity contribution in [2.75, 3.05) is 6.54 Å². The highest BCUT2D eigenvalue weighted by Crippen LogP contribution is 2.29. The molecule has 2 aromatic rings. The first kappa shape index (κ1) is 15.4. The van der Waals surface area contributed by atoms with Gasteiger partial charge in [-0.05, 0) is 36.7 Å². The molecule has 1 nitrogen and oxygen atoms in total. The van der Waals surface area contributed by atoms with E-state index >= 15 is 0 Å². The van der Waals surface area contributed by atoms with E-state index in [1.54, 1.807) is 0 Å². The van der Waals surface area contributed by atoms with Gasteiger partial charge in [0.2, 0.25) is 0 Å². The van der Waals surface area contributed by atoms with E-state index in [2.05, 4.69) is 55.6 Å². The summed E-state index contributed by atoms with van der Waals surface area (Å²) in [6.45, 7) is 6.12. The van der Waals surface area contributed by atoms with Crippen LogP contribution in [0.3, 0.4) is 0 Å². The van der Waals surface area contributed by atoms with Crippen molar-refractivity contribution < 1.29 is 0 Å². The predicted molar refractivity (Wildman–Crippen MR) is 89.6 cm³/mol. The molecule has 0 aromatic heterocycles. The zero-order valence-corrected chi connectivity index (χ0v) is 13.5. The molecule has 0 aliphatic carbocycles. The van der Waals surface area contributed by atoms with Crippen LogP contribution in [-0.2, 0) is 12.3 Å². The van der Waals surface area contributed by atoms with Crippen molar-refractivity contribution in [1.82, 2.24) is 5.32 Å². The third kappa shape index (κ3) is 4.55. The summed E-state index contributed by atoms with van der Waals surface area (Å²) >= 11 is 7.97. The van der Waals surface area contributed by atoms with Gasteiger partial charge >= 0.3 is 0 Å². The molecule has 0 atom stereocenters. The number of nitrogens with one attached hydrogen (secondary N) is 1. The van der Waals surface area contributed by atoms with Gasteiger partial charge in [0, 0.05) is 22.2 Å². The third-order valence-electron chi connectivity index (χ3n) is 3.07. The second-order valence-corrected chi connectivity index (χ2v) is 6.26. The molecule has 106 valence electrons. The lowest BCUT2D eigenvalue weighted by atomic mass is 10.2. The molecule has 0 saturated carbocycles. The predicted octanol–water partition coefficient (Wildman–Crippen LogP) is 5.05. The summed E-state index contributed by atoms with van der Waals surface area (Å²) in [6.07, 6.45) is 0. The molecule has 2 rings (SSSR count). The van der Waals surface area contributed by atoms with Gasteiger partial charge in [-0.2, -0.15) is 0 Å². The highest BCUT2D eigenvalue weighted by Gasteiger charge is 2.05. The maximum Gasteiger partial charge on any atom is 0.0417 e. The summed E-state index contributed by atoms with van der Waals surface area (Å²) in [4.78, 5) is 1.26. The largest absolute Gasteiger partial charge is 0.313 e. The van der Waals surface area contributed by atoms with Crippen LogP contribution in [0.2, 0.25) is 5.02 Å². The van der Waals surface area contributed by atoms with Crippen LogP contribution in [0.15, 0.2) is 47.4 Å². The number of halogens is 1. The van der Waals surface area contributed by atoms with Crippen LogP contribution in [0.1, 0.15) is 23.6 Å². The van der Waals surface area contributed by atoms with Crippen molar-refractivity contribution in [2.45, 2.75) is 31.0 Å². The summed E-state index contributed by atoms with van der Waals surface area (Å²) in [5, 5.41) is 4.18. The minimum Gasteiger partial charge on any atom is -0.313 e. The van der Waals surface area contributed by atoms with E-state index in [0.29, 0.717) is 0 Å². The molecule has 0 radical (unpaired) electrons. The fourth-order valence-electron chi connectivity index (χ4n) is 2.03. The number of hydrogen-bond donors (Lipinski definition) is 1. The first-order valence-corrected chi connectivity index (χ1v) is 8.23. The van der Waals surface area contributed by atoms with E-state index in [9.17, 15) is 0 Å². The first-order chi connectivity index (χ1) is 9.69. The first-order valence-electron chi connectivity index (χ1n) is 6.86. The Balaban J connectivity index is 2.09. The van der Waals surface area contributed by atoms with Crippen LogP contribution < -0.4 is 5.32 Å². The van der Waals surface area contributed by atoms with Crippen LogP contribution in [0.25, 0.3) is 0 Å². The van der Waals surface area contributed by atoms with Gasteiger partial charge in [-0.1, -0.05) is 54.4 Å². The van der Waals surface area contributed by atoms with Crippen molar-refractivity contribution in [3.63, 3.8) is 0 Å². The number of thioether (sulfide) groups is 1.